The lowest BCUT2D eigenvalue weighted by Crippen LogP contribution is -2.41. The van der Waals surface area contributed by atoms with Crippen LogP contribution in [0.4, 0.5) is 13.2 Å². The molecule has 1 N–H and O–H groups in total. The van der Waals surface area contributed by atoms with E-state index in [1.165, 1.54) is 12.1 Å². The van der Waals surface area contributed by atoms with Crippen molar-refractivity contribution in [3.63, 3.8) is 0 Å². The molecule has 1 saturated heterocycles. The van der Waals surface area contributed by atoms with Crippen molar-refractivity contribution in [1.82, 2.24) is 10.2 Å². The average Bonchev–Trinajstić information content (AvgIpc) is 2.64. The molecule has 0 saturated carbocycles. The van der Waals surface area contributed by atoms with E-state index in [1.807, 2.05) is 0 Å². The summed E-state index contributed by atoms with van der Waals surface area (Å²) in [5, 5.41) is 3.54. The molecular weight excluding hydrogens is 277 g/mol. The summed E-state index contributed by atoms with van der Waals surface area (Å²) in [5.41, 5.74) is 0.358. The van der Waals surface area contributed by atoms with Gasteiger partial charge in [0.15, 0.2) is 0 Å². The first-order valence-corrected chi connectivity index (χ1v) is 7.48. The van der Waals surface area contributed by atoms with Crippen LogP contribution >= 0.6 is 0 Å². The molecule has 0 amide bonds. The normalized spacial score (nSPS) is 21.5. The van der Waals surface area contributed by atoms with E-state index >= 15 is 0 Å². The lowest BCUT2D eigenvalue weighted by atomic mass is 10.0. The van der Waals surface area contributed by atoms with Gasteiger partial charge in [-0.25, -0.2) is 0 Å². The second kappa shape index (κ2) is 6.79. The van der Waals surface area contributed by atoms with Crippen molar-refractivity contribution in [2.45, 2.75) is 39.0 Å². The summed E-state index contributed by atoms with van der Waals surface area (Å²) in [5.74, 6) is 0.554. The topological polar surface area (TPSA) is 15.3 Å². The molecule has 1 aromatic rings. The van der Waals surface area contributed by atoms with Gasteiger partial charge in [-0.2, -0.15) is 13.2 Å². The SMILES string of the molecule is CC(C)C1CN(Cc2ccc(C(F)(F)F)cc2)CCCN1. The van der Waals surface area contributed by atoms with E-state index in [4.69, 9.17) is 0 Å². The van der Waals surface area contributed by atoms with Gasteiger partial charge in [-0.3, -0.25) is 4.90 Å². The van der Waals surface area contributed by atoms with Crippen LogP contribution in [0.1, 0.15) is 31.4 Å². The van der Waals surface area contributed by atoms with Crippen molar-refractivity contribution in [3.8, 4) is 0 Å². The van der Waals surface area contributed by atoms with Crippen LogP contribution in [0.15, 0.2) is 24.3 Å². The molecule has 0 bridgehead atoms. The van der Waals surface area contributed by atoms with Gasteiger partial charge in [0.2, 0.25) is 0 Å². The highest BCUT2D eigenvalue weighted by molar-refractivity contribution is 5.24. The summed E-state index contributed by atoms with van der Waals surface area (Å²) < 4.78 is 37.7. The number of alkyl halides is 3. The summed E-state index contributed by atoms with van der Waals surface area (Å²) in [6.07, 6.45) is -3.18. The molecule has 5 heteroatoms. The third-order valence-electron chi connectivity index (χ3n) is 4.00. The molecule has 1 heterocycles. The number of benzene rings is 1. The van der Waals surface area contributed by atoms with E-state index in [1.54, 1.807) is 12.1 Å². The van der Waals surface area contributed by atoms with Crippen LogP contribution in [0.5, 0.6) is 0 Å². The molecule has 0 aromatic heterocycles. The highest BCUT2D eigenvalue weighted by Gasteiger charge is 2.30. The fraction of sp³-hybridized carbons (Fsp3) is 0.625. The minimum atomic E-state index is -4.26. The van der Waals surface area contributed by atoms with Crippen molar-refractivity contribution in [2.24, 2.45) is 5.92 Å². The first-order valence-electron chi connectivity index (χ1n) is 7.48. The highest BCUT2D eigenvalue weighted by Crippen LogP contribution is 2.29. The molecule has 1 aliphatic rings. The molecule has 1 aromatic carbocycles. The molecule has 1 atom stereocenters. The Balaban J connectivity index is 2.00. The van der Waals surface area contributed by atoms with Gasteiger partial charge in [0.05, 0.1) is 5.56 Å². The molecule has 2 nitrogen and oxygen atoms in total. The predicted octanol–water partition coefficient (Wildman–Crippen LogP) is 3.53. The monoisotopic (exact) mass is 300 g/mol. The van der Waals surface area contributed by atoms with Crippen LogP contribution in [-0.4, -0.2) is 30.6 Å². The Morgan fingerprint density at radius 2 is 1.90 bits per heavy atom. The molecule has 1 aliphatic heterocycles. The Bertz CT molecular complexity index is 440. The van der Waals surface area contributed by atoms with Gasteiger partial charge in [-0.15, -0.1) is 0 Å². The van der Waals surface area contributed by atoms with Gasteiger partial charge >= 0.3 is 6.18 Å². The van der Waals surface area contributed by atoms with Crippen LogP contribution in [0.3, 0.4) is 0 Å². The van der Waals surface area contributed by atoms with E-state index in [9.17, 15) is 13.2 Å². The zero-order chi connectivity index (χ0) is 15.5. The number of hydrogen-bond donors (Lipinski definition) is 1. The maximum absolute atomic E-state index is 12.6. The van der Waals surface area contributed by atoms with Gasteiger partial charge in [0.1, 0.15) is 0 Å². The van der Waals surface area contributed by atoms with Crippen molar-refractivity contribution in [2.75, 3.05) is 19.6 Å². The van der Waals surface area contributed by atoms with Gasteiger partial charge in [-0.05, 0) is 43.1 Å². The zero-order valence-corrected chi connectivity index (χ0v) is 12.6. The first kappa shape index (κ1) is 16.3. The maximum Gasteiger partial charge on any atom is 0.416 e. The third-order valence-corrected chi connectivity index (χ3v) is 4.00. The van der Waals surface area contributed by atoms with Crippen LogP contribution in [0, 0.1) is 5.92 Å². The van der Waals surface area contributed by atoms with Gasteiger partial charge in [0, 0.05) is 19.1 Å². The molecule has 0 radical (unpaired) electrons. The smallest absolute Gasteiger partial charge is 0.312 e. The van der Waals surface area contributed by atoms with E-state index < -0.39 is 11.7 Å². The lowest BCUT2D eigenvalue weighted by molar-refractivity contribution is -0.137. The molecule has 0 spiro atoms. The minimum absolute atomic E-state index is 0.446. The summed E-state index contributed by atoms with van der Waals surface area (Å²) in [6.45, 7) is 8.03. The van der Waals surface area contributed by atoms with Crippen molar-refractivity contribution in [1.29, 1.82) is 0 Å². The largest absolute Gasteiger partial charge is 0.416 e. The van der Waals surface area contributed by atoms with Crippen LogP contribution < -0.4 is 5.32 Å². The number of rotatable bonds is 3. The number of hydrogen-bond acceptors (Lipinski definition) is 2. The Hall–Kier alpha value is -1.07. The fourth-order valence-electron chi connectivity index (χ4n) is 2.67. The molecule has 1 fully saturated rings. The molecule has 21 heavy (non-hydrogen) atoms. The van der Waals surface area contributed by atoms with Gasteiger partial charge in [-0.1, -0.05) is 26.0 Å². The van der Waals surface area contributed by atoms with E-state index in [0.717, 1.165) is 31.6 Å². The van der Waals surface area contributed by atoms with Gasteiger partial charge < -0.3 is 5.32 Å². The standard InChI is InChI=1S/C16H23F3N2/c1-12(2)15-11-21(9-3-8-20-15)10-13-4-6-14(7-5-13)16(17,18)19/h4-7,12,15,20H,3,8-11H2,1-2H3. The van der Waals surface area contributed by atoms with E-state index in [0.29, 0.717) is 18.5 Å². The lowest BCUT2D eigenvalue weighted by Gasteiger charge is -2.26. The molecule has 118 valence electrons. The van der Waals surface area contributed by atoms with Crippen molar-refractivity contribution < 1.29 is 13.2 Å². The summed E-state index contributed by atoms with van der Waals surface area (Å²) in [4.78, 5) is 2.33. The maximum atomic E-state index is 12.6. The van der Waals surface area contributed by atoms with Crippen molar-refractivity contribution in [3.05, 3.63) is 35.4 Å². The minimum Gasteiger partial charge on any atom is -0.312 e. The summed E-state index contributed by atoms with van der Waals surface area (Å²) in [7, 11) is 0. The van der Waals surface area contributed by atoms with Crippen LogP contribution in [0.2, 0.25) is 0 Å². The third kappa shape index (κ3) is 4.71. The van der Waals surface area contributed by atoms with E-state index in [-0.39, 0.29) is 0 Å². The highest BCUT2D eigenvalue weighted by atomic mass is 19.4. The molecule has 0 aliphatic carbocycles. The Morgan fingerprint density at radius 1 is 1.24 bits per heavy atom. The summed E-state index contributed by atoms with van der Waals surface area (Å²) >= 11 is 0. The first-order chi connectivity index (χ1) is 9.86. The fourth-order valence-corrected chi connectivity index (χ4v) is 2.67. The van der Waals surface area contributed by atoms with Crippen LogP contribution in [0.25, 0.3) is 0 Å². The molecule has 2 rings (SSSR count). The van der Waals surface area contributed by atoms with E-state index in [2.05, 4.69) is 24.1 Å². The predicted molar refractivity (Wildman–Crippen MR) is 78.0 cm³/mol. The second-order valence-corrected chi connectivity index (χ2v) is 6.09. The summed E-state index contributed by atoms with van der Waals surface area (Å²) in [6, 6.07) is 5.97. The Morgan fingerprint density at radius 3 is 2.48 bits per heavy atom. The molecule has 1 unspecified atom stereocenters. The van der Waals surface area contributed by atoms with Crippen molar-refractivity contribution >= 4 is 0 Å². The van der Waals surface area contributed by atoms with Crippen LogP contribution in [-0.2, 0) is 12.7 Å². The number of nitrogens with zero attached hydrogens (tertiary/aromatic N) is 1. The Labute approximate surface area is 124 Å². The number of halogens is 3. The number of nitrogens with one attached hydrogen (secondary N) is 1. The second-order valence-electron chi connectivity index (χ2n) is 6.09. The Kier molecular flexibility index (Phi) is 5.27. The zero-order valence-electron chi connectivity index (χ0n) is 12.6. The van der Waals surface area contributed by atoms with Gasteiger partial charge in [0.25, 0.3) is 0 Å². The average molecular weight is 300 g/mol. The molecular formula is C16H23F3N2. The quantitative estimate of drug-likeness (QED) is 0.919.